The van der Waals surface area contributed by atoms with Crippen LogP contribution >= 0.6 is 22.7 Å². The number of carbonyl (C=O) groups excluding carboxylic acids is 1. The molecule has 0 saturated carbocycles. The van der Waals surface area contributed by atoms with Crippen LogP contribution in [-0.4, -0.2) is 46.2 Å². The third-order valence-corrected chi connectivity index (χ3v) is 9.49. The number of ether oxygens (including phenoxy) is 1. The highest BCUT2D eigenvalue weighted by atomic mass is 32.1. The number of hydrogen-bond donors (Lipinski definition) is 2. The van der Waals surface area contributed by atoms with Gasteiger partial charge in [0, 0.05) is 40.1 Å². The molecule has 5 rings (SSSR count). The number of thiazole rings is 1. The van der Waals surface area contributed by atoms with E-state index in [0.29, 0.717) is 18.6 Å². The molecule has 0 aliphatic carbocycles. The van der Waals surface area contributed by atoms with E-state index in [4.69, 9.17) is 15.5 Å². The maximum Gasteiger partial charge on any atom is 0.404 e. The number of pyridine rings is 1. The van der Waals surface area contributed by atoms with Gasteiger partial charge in [0.25, 0.3) is 0 Å². The van der Waals surface area contributed by atoms with Crippen molar-refractivity contribution in [3.63, 3.8) is 0 Å². The van der Waals surface area contributed by atoms with Crippen molar-refractivity contribution in [3.05, 3.63) is 46.9 Å². The normalized spacial score (nSPS) is 19.8. The SMILES string of the molecule is CC1C(c2cc3c(Nc4ccc5scnc5c4)ccnc3s2)CCCN1C(CCOC(N)=O)C(C)(C)C. The fourth-order valence-corrected chi connectivity index (χ4v) is 7.62. The topological polar surface area (TPSA) is 93.4 Å². The molecule has 196 valence electrons. The standard InChI is InChI=1S/C28H35N5O2S2/c1-17-19(6-5-12-33(17)25(28(2,3)4)10-13-35-27(29)34)24-15-20-21(9-11-30-26(20)37-24)32-18-7-8-23-22(14-18)31-16-36-23/h7-9,11,14-17,19,25H,5-6,10,12-13H2,1-4H3,(H2,29,34)(H,30,32). The van der Waals surface area contributed by atoms with Gasteiger partial charge >= 0.3 is 6.09 Å². The van der Waals surface area contributed by atoms with Crippen molar-refractivity contribution in [1.82, 2.24) is 14.9 Å². The average molecular weight is 538 g/mol. The smallest absolute Gasteiger partial charge is 0.404 e. The van der Waals surface area contributed by atoms with Crippen LogP contribution in [0.2, 0.25) is 0 Å². The number of rotatable bonds is 7. The number of nitrogens with two attached hydrogens (primary N) is 1. The zero-order valence-corrected chi connectivity index (χ0v) is 23.5. The number of fused-ring (bicyclic) bond motifs is 2. The molecule has 1 aliphatic rings. The first-order valence-corrected chi connectivity index (χ1v) is 14.6. The predicted octanol–water partition coefficient (Wildman–Crippen LogP) is 7.12. The molecule has 3 unspecified atom stereocenters. The van der Waals surface area contributed by atoms with Gasteiger partial charge in [-0.2, -0.15) is 0 Å². The Morgan fingerprint density at radius 1 is 1.27 bits per heavy atom. The van der Waals surface area contributed by atoms with Crippen LogP contribution in [0, 0.1) is 5.41 Å². The molecule has 3 aromatic heterocycles. The molecule has 9 heteroatoms. The van der Waals surface area contributed by atoms with E-state index in [2.05, 4.69) is 73.2 Å². The summed E-state index contributed by atoms with van der Waals surface area (Å²) in [7, 11) is 0. The van der Waals surface area contributed by atoms with E-state index in [9.17, 15) is 4.79 Å². The number of benzene rings is 1. The van der Waals surface area contributed by atoms with Crippen LogP contribution in [0.3, 0.4) is 0 Å². The Bertz CT molecular complexity index is 1390. The molecular formula is C28H35N5O2S2. The maximum atomic E-state index is 11.2. The lowest BCUT2D eigenvalue weighted by Gasteiger charge is -2.48. The van der Waals surface area contributed by atoms with Gasteiger partial charge < -0.3 is 15.8 Å². The van der Waals surface area contributed by atoms with Crippen LogP contribution in [0.1, 0.15) is 57.8 Å². The van der Waals surface area contributed by atoms with Crippen molar-refractivity contribution in [2.24, 2.45) is 11.1 Å². The van der Waals surface area contributed by atoms with Gasteiger partial charge in [-0.05, 0) is 68.5 Å². The van der Waals surface area contributed by atoms with Gasteiger partial charge in [0.15, 0.2) is 0 Å². The molecule has 1 amide bonds. The lowest BCUT2D eigenvalue weighted by molar-refractivity contribution is 0.0150. The summed E-state index contributed by atoms with van der Waals surface area (Å²) >= 11 is 3.46. The van der Waals surface area contributed by atoms with E-state index < -0.39 is 6.09 Å². The summed E-state index contributed by atoms with van der Waals surface area (Å²) in [6.07, 6.45) is 4.25. The highest BCUT2D eigenvalue weighted by Crippen LogP contribution is 2.43. The molecule has 1 fully saturated rings. The molecule has 1 aliphatic heterocycles. The van der Waals surface area contributed by atoms with Crippen LogP contribution in [0.25, 0.3) is 20.4 Å². The fourth-order valence-electron chi connectivity index (χ4n) is 5.70. The minimum atomic E-state index is -0.703. The van der Waals surface area contributed by atoms with Crippen LogP contribution in [0.4, 0.5) is 16.2 Å². The Morgan fingerprint density at radius 3 is 2.89 bits per heavy atom. The summed E-state index contributed by atoms with van der Waals surface area (Å²) < 4.78 is 6.31. The molecule has 3 N–H and O–H groups in total. The molecule has 0 bridgehead atoms. The number of hydrogen-bond acceptors (Lipinski definition) is 8. The maximum absolute atomic E-state index is 11.2. The van der Waals surface area contributed by atoms with E-state index in [1.807, 2.05) is 11.7 Å². The molecule has 1 saturated heterocycles. The number of carbonyl (C=O) groups is 1. The molecule has 7 nitrogen and oxygen atoms in total. The van der Waals surface area contributed by atoms with Crippen molar-refractivity contribution in [2.75, 3.05) is 18.5 Å². The number of likely N-dealkylation sites (tertiary alicyclic amines) is 1. The number of nitrogens with one attached hydrogen (secondary N) is 1. The van der Waals surface area contributed by atoms with Gasteiger partial charge in [-0.25, -0.2) is 14.8 Å². The first-order chi connectivity index (χ1) is 17.7. The van der Waals surface area contributed by atoms with Gasteiger partial charge in [0.05, 0.1) is 28.0 Å². The Morgan fingerprint density at radius 2 is 2.11 bits per heavy atom. The Kier molecular flexibility index (Phi) is 7.38. The summed E-state index contributed by atoms with van der Waals surface area (Å²) in [4.78, 5) is 25.4. The largest absolute Gasteiger partial charge is 0.450 e. The van der Waals surface area contributed by atoms with E-state index in [0.717, 1.165) is 52.9 Å². The number of primary amides is 1. The lowest BCUT2D eigenvalue weighted by Crippen LogP contribution is -2.53. The van der Waals surface area contributed by atoms with E-state index in [1.165, 1.54) is 9.58 Å². The van der Waals surface area contributed by atoms with E-state index in [-0.39, 0.29) is 11.5 Å². The second kappa shape index (κ2) is 10.6. The van der Waals surface area contributed by atoms with Gasteiger partial charge in [0.1, 0.15) is 4.83 Å². The number of thiophene rings is 1. The molecule has 4 heterocycles. The van der Waals surface area contributed by atoms with Crippen LogP contribution < -0.4 is 11.1 Å². The van der Waals surface area contributed by atoms with Crippen LogP contribution in [0.15, 0.2) is 42.0 Å². The Balaban J connectivity index is 1.39. The van der Waals surface area contributed by atoms with E-state index in [1.54, 1.807) is 22.7 Å². The first kappa shape index (κ1) is 25.9. The number of amides is 1. The molecule has 0 radical (unpaired) electrons. The molecule has 0 spiro atoms. The first-order valence-electron chi connectivity index (χ1n) is 12.9. The van der Waals surface area contributed by atoms with Crippen molar-refractivity contribution < 1.29 is 9.53 Å². The third kappa shape index (κ3) is 5.58. The number of nitrogens with zero attached hydrogens (tertiary/aromatic N) is 3. The van der Waals surface area contributed by atoms with Gasteiger partial charge in [-0.3, -0.25) is 4.90 Å². The summed E-state index contributed by atoms with van der Waals surface area (Å²) in [6.45, 7) is 10.5. The second-order valence-electron chi connectivity index (χ2n) is 11.0. The Labute approximate surface area is 226 Å². The summed E-state index contributed by atoms with van der Waals surface area (Å²) in [6, 6.07) is 11.4. The predicted molar refractivity (Wildman–Crippen MR) is 154 cm³/mol. The number of aromatic nitrogens is 2. The van der Waals surface area contributed by atoms with Crippen LogP contribution in [-0.2, 0) is 4.74 Å². The van der Waals surface area contributed by atoms with Crippen LogP contribution in [0.5, 0.6) is 0 Å². The molecule has 1 aromatic carbocycles. The summed E-state index contributed by atoms with van der Waals surface area (Å²) in [5.74, 6) is 0.425. The highest BCUT2D eigenvalue weighted by Gasteiger charge is 2.38. The fraction of sp³-hybridized carbons (Fsp3) is 0.464. The lowest BCUT2D eigenvalue weighted by atomic mass is 9.79. The molecular weight excluding hydrogens is 502 g/mol. The van der Waals surface area contributed by atoms with Crippen molar-refractivity contribution in [3.8, 4) is 0 Å². The zero-order chi connectivity index (χ0) is 26.2. The zero-order valence-electron chi connectivity index (χ0n) is 21.9. The van der Waals surface area contributed by atoms with Gasteiger partial charge in [0.2, 0.25) is 0 Å². The molecule has 3 atom stereocenters. The van der Waals surface area contributed by atoms with Crippen molar-refractivity contribution in [1.29, 1.82) is 0 Å². The van der Waals surface area contributed by atoms with E-state index >= 15 is 0 Å². The van der Waals surface area contributed by atoms with Crippen molar-refractivity contribution in [2.45, 2.75) is 65.0 Å². The van der Waals surface area contributed by atoms with Gasteiger partial charge in [-0.15, -0.1) is 22.7 Å². The minimum absolute atomic E-state index is 0.0500. The van der Waals surface area contributed by atoms with Gasteiger partial charge in [-0.1, -0.05) is 20.8 Å². The quantitative estimate of drug-likeness (QED) is 0.261. The molecule has 4 aromatic rings. The number of piperidine rings is 1. The average Bonchev–Trinajstić information content (AvgIpc) is 3.49. The molecule has 37 heavy (non-hydrogen) atoms. The highest BCUT2D eigenvalue weighted by molar-refractivity contribution is 7.18. The monoisotopic (exact) mass is 537 g/mol. The van der Waals surface area contributed by atoms with Crippen molar-refractivity contribution >= 4 is 60.6 Å². The summed E-state index contributed by atoms with van der Waals surface area (Å²) in [5.41, 5.74) is 10.3. The number of anilines is 2. The summed E-state index contributed by atoms with van der Waals surface area (Å²) in [5, 5.41) is 4.76. The minimum Gasteiger partial charge on any atom is -0.450 e. The Hall–Kier alpha value is -2.75. The third-order valence-electron chi connectivity index (χ3n) is 7.50. The second-order valence-corrected chi connectivity index (χ2v) is 12.9.